The molecule has 3 rings (SSSR count). The summed E-state index contributed by atoms with van der Waals surface area (Å²) in [6.45, 7) is -1.86. The summed E-state index contributed by atoms with van der Waals surface area (Å²) in [5, 5.41) is 38.2. The Labute approximate surface area is 170 Å². The molecule has 1 saturated heterocycles. The van der Waals surface area contributed by atoms with Crippen LogP contribution in [0.5, 0.6) is 5.75 Å². The number of nitrogens with zero attached hydrogens (tertiary/aromatic N) is 3. The van der Waals surface area contributed by atoms with Crippen LogP contribution in [0.25, 0.3) is 0 Å². The van der Waals surface area contributed by atoms with Gasteiger partial charge in [-0.05, 0) is 30.3 Å². The summed E-state index contributed by atoms with van der Waals surface area (Å²) in [4.78, 5) is -0.461. The normalized spacial score (nSPS) is 21.7. The van der Waals surface area contributed by atoms with Crippen molar-refractivity contribution in [2.24, 2.45) is 0 Å². The van der Waals surface area contributed by atoms with Gasteiger partial charge in [-0.25, -0.2) is 17.2 Å². The quantitative estimate of drug-likeness (QED) is 0.712. The molecule has 1 aliphatic heterocycles. The van der Waals surface area contributed by atoms with Gasteiger partial charge in [-0.1, -0.05) is 0 Å². The summed E-state index contributed by atoms with van der Waals surface area (Å²) in [6.07, 6.45) is -1.28. The highest BCUT2D eigenvalue weighted by Crippen LogP contribution is 2.32. The maximum Gasteiger partial charge on any atom is 0.244 e. The Morgan fingerprint density at radius 1 is 1.17 bits per heavy atom. The summed E-state index contributed by atoms with van der Waals surface area (Å²) in [5.74, 6) is -1.74. The zero-order valence-corrected chi connectivity index (χ0v) is 16.1. The molecule has 0 bridgehead atoms. The van der Waals surface area contributed by atoms with Gasteiger partial charge in [0, 0.05) is 12.6 Å². The Kier molecular flexibility index (Phi) is 5.74. The second-order valence-corrected chi connectivity index (χ2v) is 8.58. The van der Waals surface area contributed by atoms with E-state index in [1.165, 1.54) is 6.07 Å². The van der Waals surface area contributed by atoms with Crippen LogP contribution in [0.15, 0.2) is 41.3 Å². The van der Waals surface area contributed by atoms with E-state index < -0.39 is 63.5 Å². The van der Waals surface area contributed by atoms with Crippen LogP contribution in [0.4, 0.5) is 8.78 Å². The molecule has 8 nitrogen and oxygen atoms in total. The van der Waals surface area contributed by atoms with Crippen molar-refractivity contribution in [2.45, 2.75) is 16.6 Å². The minimum Gasteiger partial charge on any atom is -0.486 e. The van der Waals surface area contributed by atoms with Crippen LogP contribution >= 0.6 is 0 Å². The maximum atomic E-state index is 13.8. The molecule has 0 spiro atoms. The highest BCUT2D eigenvalue weighted by molar-refractivity contribution is 7.89. The average Bonchev–Trinajstić information content (AvgIpc) is 3.05. The molecular weight excluding hydrogens is 420 g/mol. The summed E-state index contributed by atoms with van der Waals surface area (Å²) in [6, 6.07) is 9.18. The van der Waals surface area contributed by atoms with Crippen LogP contribution in [0.1, 0.15) is 11.1 Å². The first-order valence-corrected chi connectivity index (χ1v) is 9.98. The van der Waals surface area contributed by atoms with Gasteiger partial charge in [-0.3, -0.25) is 0 Å². The fraction of sp³-hybridized carbons (Fsp3) is 0.263. The van der Waals surface area contributed by atoms with Crippen LogP contribution in [0.2, 0.25) is 0 Å². The van der Waals surface area contributed by atoms with Crippen molar-refractivity contribution in [1.29, 1.82) is 10.5 Å². The molecule has 2 N–H and O–H groups in total. The number of ether oxygens (including phenoxy) is 1. The number of nitriles is 2. The first-order chi connectivity index (χ1) is 14.1. The van der Waals surface area contributed by atoms with E-state index in [-0.39, 0.29) is 11.3 Å². The minimum absolute atomic E-state index is 0.0814. The van der Waals surface area contributed by atoms with Crippen LogP contribution in [0.3, 0.4) is 0 Å². The molecular formula is C19H15F2N3O5S. The van der Waals surface area contributed by atoms with Gasteiger partial charge in [-0.2, -0.15) is 14.8 Å². The van der Waals surface area contributed by atoms with Crippen LogP contribution < -0.4 is 4.74 Å². The van der Waals surface area contributed by atoms with Gasteiger partial charge < -0.3 is 14.9 Å². The van der Waals surface area contributed by atoms with Crippen LogP contribution in [-0.4, -0.2) is 54.3 Å². The number of halogens is 2. The largest absolute Gasteiger partial charge is 0.486 e. The van der Waals surface area contributed by atoms with Gasteiger partial charge in [0.1, 0.15) is 46.1 Å². The van der Waals surface area contributed by atoms with E-state index >= 15 is 0 Å². The SMILES string of the molecule is N#Cc1ccc(OC2CN(S(=O)(=O)c3ccc(F)cc3C#N)C[C@]2(O)CO)cc1F. The van der Waals surface area contributed by atoms with E-state index in [0.29, 0.717) is 0 Å². The van der Waals surface area contributed by atoms with Gasteiger partial charge in [0.05, 0.1) is 24.3 Å². The molecule has 0 aromatic heterocycles. The molecule has 11 heteroatoms. The number of rotatable bonds is 5. The van der Waals surface area contributed by atoms with E-state index in [1.807, 2.05) is 0 Å². The fourth-order valence-corrected chi connectivity index (χ4v) is 4.71. The molecule has 1 aliphatic rings. The lowest BCUT2D eigenvalue weighted by Crippen LogP contribution is -2.48. The number of benzene rings is 2. The molecule has 2 aromatic carbocycles. The number of hydrogen-bond acceptors (Lipinski definition) is 7. The minimum atomic E-state index is -4.35. The standard InChI is InChI=1S/C19H15F2N3O5S/c20-14-2-4-17(13(5-14)8-23)30(27,28)24-9-18(19(26,10-24)11-25)29-15-3-1-12(7-22)16(21)6-15/h1-6,18,25-26H,9-11H2/t18?,19-/m0/s1. The van der Waals surface area contributed by atoms with Gasteiger partial charge in [0.15, 0.2) is 0 Å². The summed E-state index contributed by atoms with van der Waals surface area (Å²) < 4.78 is 59.4. The first kappa shape index (κ1) is 21.6. The second-order valence-electron chi connectivity index (χ2n) is 6.67. The predicted octanol–water partition coefficient (Wildman–Crippen LogP) is 0.883. The molecule has 0 radical (unpaired) electrons. The summed E-state index contributed by atoms with van der Waals surface area (Å²) in [7, 11) is -4.35. The predicted molar refractivity (Wildman–Crippen MR) is 97.4 cm³/mol. The lowest BCUT2D eigenvalue weighted by molar-refractivity contribution is -0.0641. The average molecular weight is 435 g/mol. The Hall–Kier alpha value is -3.09. The van der Waals surface area contributed by atoms with Crippen molar-refractivity contribution in [3.8, 4) is 17.9 Å². The second kappa shape index (κ2) is 7.97. The Morgan fingerprint density at radius 3 is 2.47 bits per heavy atom. The highest BCUT2D eigenvalue weighted by atomic mass is 32.2. The van der Waals surface area contributed by atoms with E-state index in [1.54, 1.807) is 12.1 Å². The number of aliphatic hydroxyl groups is 2. The maximum absolute atomic E-state index is 13.8. The molecule has 1 fully saturated rings. The smallest absolute Gasteiger partial charge is 0.244 e. The Morgan fingerprint density at radius 2 is 1.87 bits per heavy atom. The number of sulfonamides is 1. The lowest BCUT2D eigenvalue weighted by Gasteiger charge is -2.27. The molecule has 0 amide bonds. The third-order valence-electron chi connectivity index (χ3n) is 4.71. The molecule has 2 atom stereocenters. The third kappa shape index (κ3) is 3.84. The van der Waals surface area contributed by atoms with Crippen molar-refractivity contribution in [3.05, 3.63) is 59.2 Å². The number of aliphatic hydroxyl groups excluding tert-OH is 1. The molecule has 2 aromatic rings. The fourth-order valence-electron chi connectivity index (χ4n) is 3.09. The van der Waals surface area contributed by atoms with Crippen molar-refractivity contribution in [2.75, 3.05) is 19.7 Å². The topological polar surface area (TPSA) is 135 Å². The van der Waals surface area contributed by atoms with Gasteiger partial charge in [0.2, 0.25) is 10.0 Å². The monoisotopic (exact) mass is 435 g/mol. The highest BCUT2D eigenvalue weighted by Gasteiger charge is 2.51. The lowest BCUT2D eigenvalue weighted by atomic mass is 10.0. The van der Waals surface area contributed by atoms with Crippen LogP contribution in [0, 0.1) is 34.3 Å². The van der Waals surface area contributed by atoms with E-state index in [2.05, 4.69) is 0 Å². The number of hydrogen-bond donors (Lipinski definition) is 2. The summed E-state index contributed by atoms with van der Waals surface area (Å²) >= 11 is 0. The Bertz CT molecular complexity index is 1180. The molecule has 156 valence electrons. The zero-order chi connectivity index (χ0) is 22.1. The molecule has 0 aliphatic carbocycles. The van der Waals surface area contributed by atoms with Crippen molar-refractivity contribution in [3.63, 3.8) is 0 Å². The first-order valence-electron chi connectivity index (χ1n) is 8.54. The third-order valence-corrected chi connectivity index (χ3v) is 6.58. The molecule has 1 heterocycles. The van der Waals surface area contributed by atoms with Gasteiger partial charge in [0.25, 0.3) is 0 Å². The van der Waals surface area contributed by atoms with E-state index in [9.17, 15) is 27.4 Å². The van der Waals surface area contributed by atoms with E-state index in [4.69, 9.17) is 15.3 Å². The Balaban J connectivity index is 1.92. The number of β-amino-alcohol motifs (C(OH)–C–C–N with tert-alkyl or cyclic N) is 1. The van der Waals surface area contributed by atoms with Gasteiger partial charge >= 0.3 is 0 Å². The van der Waals surface area contributed by atoms with Crippen LogP contribution in [-0.2, 0) is 10.0 Å². The van der Waals surface area contributed by atoms with Crippen molar-refractivity contribution >= 4 is 10.0 Å². The van der Waals surface area contributed by atoms with Gasteiger partial charge in [-0.15, -0.1) is 0 Å². The van der Waals surface area contributed by atoms with Crippen molar-refractivity contribution < 1.29 is 32.1 Å². The van der Waals surface area contributed by atoms with E-state index in [0.717, 1.165) is 34.6 Å². The molecule has 30 heavy (non-hydrogen) atoms. The molecule has 0 saturated carbocycles. The molecule has 1 unspecified atom stereocenters. The zero-order valence-electron chi connectivity index (χ0n) is 15.3. The van der Waals surface area contributed by atoms with Crippen molar-refractivity contribution in [1.82, 2.24) is 4.31 Å². The summed E-state index contributed by atoms with van der Waals surface area (Å²) in [5.41, 5.74) is -2.67.